The van der Waals surface area contributed by atoms with Crippen molar-refractivity contribution in [1.82, 2.24) is 15.3 Å². The topological polar surface area (TPSA) is 67.1 Å². The van der Waals surface area contributed by atoms with Crippen LogP contribution in [0.25, 0.3) is 0 Å². The second-order valence-corrected chi connectivity index (χ2v) is 5.58. The Morgan fingerprint density at radius 3 is 2.90 bits per heavy atom. The SMILES string of the molecule is Nc1ncc(Br)nc1N1CCN[C@@H](c2ccccc2)C1. The van der Waals surface area contributed by atoms with Crippen molar-refractivity contribution in [1.29, 1.82) is 0 Å². The molecule has 0 saturated carbocycles. The number of nitrogens with zero attached hydrogens (tertiary/aromatic N) is 3. The van der Waals surface area contributed by atoms with E-state index in [9.17, 15) is 0 Å². The highest BCUT2D eigenvalue weighted by atomic mass is 79.9. The number of benzene rings is 1. The van der Waals surface area contributed by atoms with Crippen molar-refractivity contribution in [3.63, 3.8) is 0 Å². The largest absolute Gasteiger partial charge is 0.381 e. The summed E-state index contributed by atoms with van der Waals surface area (Å²) in [4.78, 5) is 10.8. The first-order chi connectivity index (χ1) is 9.74. The van der Waals surface area contributed by atoms with Crippen LogP contribution in [0.2, 0.25) is 0 Å². The van der Waals surface area contributed by atoms with Gasteiger partial charge in [-0.05, 0) is 21.5 Å². The Bertz CT molecular complexity index is 589. The van der Waals surface area contributed by atoms with Gasteiger partial charge in [0.2, 0.25) is 0 Å². The van der Waals surface area contributed by atoms with Crippen LogP contribution in [-0.4, -0.2) is 29.6 Å². The van der Waals surface area contributed by atoms with E-state index >= 15 is 0 Å². The van der Waals surface area contributed by atoms with Gasteiger partial charge in [0, 0.05) is 25.7 Å². The minimum Gasteiger partial charge on any atom is -0.381 e. The fourth-order valence-corrected chi connectivity index (χ4v) is 2.72. The van der Waals surface area contributed by atoms with E-state index in [0.717, 1.165) is 25.5 Å². The van der Waals surface area contributed by atoms with Crippen molar-refractivity contribution < 1.29 is 0 Å². The predicted molar refractivity (Wildman–Crippen MR) is 83.5 cm³/mol. The lowest BCUT2D eigenvalue weighted by atomic mass is 10.0. The third kappa shape index (κ3) is 2.76. The average Bonchev–Trinajstić information content (AvgIpc) is 2.51. The van der Waals surface area contributed by atoms with Gasteiger partial charge in [-0.25, -0.2) is 9.97 Å². The van der Waals surface area contributed by atoms with E-state index in [0.29, 0.717) is 10.4 Å². The Balaban J connectivity index is 1.83. The van der Waals surface area contributed by atoms with Crippen molar-refractivity contribution in [2.24, 2.45) is 0 Å². The molecule has 0 aliphatic carbocycles. The molecule has 5 nitrogen and oxygen atoms in total. The lowest BCUT2D eigenvalue weighted by Gasteiger charge is -2.35. The fourth-order valence-electron chi connectivity index (χ4n) is 2.45. The van der Waals surface area contributed by atoms with Crippen molar-refractivity contribution >= 4 is 27.6 Å². The Morgan fingerprint density at radius 1 is 1.30 bits per heavy atom. The van der Waals surface area contributed by atoms with Crippen molar-refractivity contribution in [3.05, 3.63) is 46.7 Å². The summed E-state index contributed by atoms with van der Waals surface area (Å²) in [6.45, 7) is 2.60. The number of aromatic nitrogens is 2. The summed E-state index contributed by atoms with van der Waals surface area (Å²) in [7, 11) is 0. The van der Waals surface area contributed by atoms with Gasteiger partial charge in [0.05, 0.1) is 6.20 Å². The van der Waals surface area contributed by atoms with E-state index < -0.39 is 0 Å². The predicted octanol–water partition coefficient (Wildman–Crippen LogP) is 1.97. The lowest BCUT2D eigenvalue weighted by molar-refractivity contribution is 0.469. The smallest absolute Gasteiger partial charge is 0.172 e. The van der Waals surface area contributed by atoms with Crippen LogP contribution in [0, 0.1) is 0 Å². The zero-order chi connectivity index (χ0) is 13.9. The van der Waals surface area contributed by atoms with Crippen LogP contribution in [0.4, 0.5) is 11.6 Å². The van der Waals surface area contributed by atoms with Gasteiger partial charge >= 0.3 is 0 Å². The van der Waals surface area contributed by atoms with Gasteiger partial charge in [0.1, 0.15) is 4.60 Å². The average molecular weight is 334 g/mol. The van der Waals surface area contributed by atoms with E-state index in [-0.39, 0.29) is 6.04 Å². The van der Waals surface area contributed by atoms with E-state index in [1.165, 1.54) is 5.56 Å². The molecule has 2 aromatic rings. The number of hydrogen-bond acceptors (Lipinski definition) is 5. The van der Waals surface area contributed by atoms with Crippen LogP contribution in [0.15, 0.2) is 41.1 Å². The maximum atomic E-state index is 5.95. The minimum absolute atomic E-state index is 0.283. The van der Waals surface area contributed by atoms with Crippen LogP contribution in [-0.2, 0) is 0 Å². The Morgan fingerprint density at radius 2 is 2.10 bits per heavy atom. The molecule has 1 aromatic carbocycles. The van der Waals surface area contributed by atoms with Crippen LogP contribution >= 0.6 is 15.9 Å². The van der Waals surface area contributed by atoms with E-state index in [1.54, 1.807) is 6.20 Å². The zero-order valence-corrected chi connectivity index (χ0v) is 12.5. The summed E-state index contributed by atoms with van der Waals surface area (Å²) >= 11 is 3.35. The molecular weight excluding hydrogens is 318 g/mol. The normalized spacial score (nSPS) is 19.1. The summed E-state index contributed by atoms with van der Waals surface area (Å²) in [5.41, 5.74) is 7.22. The molecule has 6 heteroatoms. The summed E-state index contributed by atoms with van der Waals surface area (Å²) in [5, 5.41) is 3.53. The molecule has 1 aromatic heterocycles. The summed E-state index contributed by atoms with van der Waals surface area (Å²) in [5.74, 6) is 1.23. The first-order valence-electron chi connectivity index (χ1n) is 6.55. The number of hydrogen-bond donors (Lipinski definition) is 2. The van der Waals surface area contributed by atoms with Crippen LogP contribution in [0.5, 0.6) is 0 Å². The molecule has 0 unspecified atom stereocenters. The molecule has 3 rings (SSSR count). The molecule has 1 fully saturated rings. The Hall–Kier alpha value is -1.66. The molecular formula is C14H16BrN5. The maximum absolute atomic E-state index is 5.95. The maximum Gasteiger partial charge on any atom is 0.172 e. The zero-order valence-electron chi connectivity index (χ0n) is 11.0. The highest BCUT2D eigenvalue weighted by molar-refractivity contribution is 9.10. The van der Waals surface area contributed by atoms with Gasteiger partial charge < -0.3 is 16.0 Å². The van der Waals surface area contributed by atoms with Gasteiger partial charge in [-0.2, -0.15) is 0 Å². The first kappa shape index (κ1) is 13.3. The van der Waals surface area contributed by atoms with Crippen LogP contribution < -0.4 is 16.0 Å². The molecule has 1 atom stereocenters. The van der Waals surface area contributed by atoms with Gasteiger partial charge in [-0.3, -0.25) is 0 Å². The molecule has 104 valence electrons. The van der Waals surface area contributed by atoms with Crippen molar-refractivity contribution in [3.8, 4) is 0 Å². The number of rotatable bonds is 2. The molecule has 1 aliphatic heterocycles. The number of halogens is 1. The second kappa shape index (κ2) is 5.76. The highest BCUT2D eigenvalue weighted by Crippen LogP contribution is 2.25. The first-order valence-corrected chi connectivity index (χ1v) is 7.34. The molecule has 1 saturated heterocycles. The quantitative estimate of drug-likeness (QED) is 0.879. The third-order valence-electron chi connectivity index (χ3n) is 3.43. The standard InChI is InChI=1S/C14H16BrN5/c15-12-8-18-13(16)14(19-12)20-7-6-17-11(9-20)10-4-2-1-3-5-10/h1-5,8,11,17H,6-7,9H2,(H2,16,18)/t11-/m1/s1. The van der Waals surface area contributed by atoms with E-state index in [2.05, 4.69) is 60.4 Å². The molecule has 2 heterocycles. The lowest BCUT2D eigenvalue weighted by Crippen LogP contribution is -2.46. The molecule has 0 amide bonds. The van der Waals surface area contributed by atoms with Gasteiger partial charge in [0.15, 0.2) is 11.6 Å². The third-order valence-corrected chi connectivity index (χ3v) is 3.81. The number of nitrogens with two attached hydrogens (primary N) is 1. The monoisotopic (exact) mass is 333 g/mol. The highest BCUT2D eigenvalue weighted by Gasteiger charge is 2.23. The molecule has 0 spiro atoms. The molecule has 3 N–H and O–H groups in total. The molecule has 0 radical (unpaired) electrons. The van der Waals surface area contributed by atoms with Crippen molar-refractivity contribution in [2.45, 2.75) is 6.04 Å². The van der Waals surface area contributed by atoms with Crippen LogP contribution in [0.1, 0.15) is 11.6 Å². The number of anilines is 2. The van der Waals surface area contributed by atoms with Gasteiger partial charge in [-0.15, -0.1) is 0 Å². The molecule has 20 heavy (non-hydrogen) atoms. The minimum atomic E-state index is 0.283. The molecule has 0 bridgehead atoms. The van der Waals surface area contributed by atoms with E-state index in [4.69, 9.17) is 5.73 Å². The number of nitrogen functional groups attached to an aromatic ring is 1. The second-order valence-electron chi connectivity index (χ2n) is 4.76. The van der Waals surface area contributed by atoms with Gasteiger partial charge in [-0.1, -0.05) is 30.3 Å². The number of piperazine rings is 1. The van der Waals surface area contributed by atoms with Crippen molar-refractivity contribution in [2.75, 3.05) is 30.3 Å². The number of nitrogens with one attached hydrogen (secondary N) is 1. The van der Waals surface area contributed by atoms with Gasteiger partial charge in [0.25, 0.3) is 0 Å². The summed E-state index contributed by atoms with van der Waals surface area (Å²) in [6.07, 6.45) is 1.62. The van der Waals surface area contributed by atoms with Crippen LogP contribution in [0.3, 0.4) is 0 Å². The Kier molecular flexibility index (Phi) is 3.84. The summed E-state index contributed by atoms with van der Waals surface area (Å²) < 4.78 is 0.705. The van der Waals surface area contributed by atoms with E-state index in [1.807, 2.05) is 6.07 Å². The summed E-state index contributed by atoms with van der Waals surface area (Å²) in [6, 6.07) is 10.7. The Labute approximate surface area is 126 Å². The fraction of sp³-hybridized carbons (Fsp3) is 0.286. The molecule has 1 aliphatic rings.